The predicted molar refractivity (Wildman–Crippen MR) is 97.5 cm³/mol. The summed E-state index contributed by atoms with van der Waals surface area (Å²) in [6, 6.07) is 11.5. The predicted octanol–water partition coefficient (Wildman–Crippen LogP) is 5.32. The number of hydrogen-bond donors (Lipinski definition) is 0. The molecule has 0 aliphatic rings. The van der Waals surface area contributed by atoms with E-state index in [1.165, 1.54) is 12.8 Å². The van der Waals surface area contributed by atoms with Crippen LogP contribution in [0.25, 0.3) is 0 Å². The van der Waals surface area contributed by atoms with Crippen molar-refractivity contribution in [2.75, 3.05) is 6.61 Å². The lowest BCUT2D eigenvalue weighted by molar-refractivity contribution is -0.148. The molecule has 0 N–H and O–H groups in total. The summed E-state index contributed by atoms with van der Waals surface area (Å²) in [4.78, 5) is 12.7. The number of hydrogen-bond acceptors (Lipinski definition) is 3. The number of esters is 1. The van der Waals surface area contributed by atoms with Gasteiger partial charge in [-0.1, -0.05) is 75.6 Å². The lowest BCUT2D eigenvalue weighted by Gasteiger charge is -2.24. The Kier molecular flexibility index (Phi) is 9.53. The molecule has 24 heavy (non-hydrogen) atoms. The molecule has 0 spiro atoms. The normalized spacial score (nSPS) is 13.4. The van der Waals surface area contributed by atoms with Gasteiger partial charge in [0.05, 0.1) is 12.7 Å². The Morgan fingerprint density at radius 2 is 1.83 bits per heavy atom. The van der Waals surface area contributed by atoms with E-state index in [1.54, 1.807) is 0 Å². The molecule has 0 aromatic heterocycles. The van der Waals surface area contributed by atoms with Crippen LogP contribution in [0.15, 0.2) is 42.5 Å². The standard InChI is InChI=1S/C21H29NO2/c1-3-5-7-8-9-13-16-21(18-22,19-14-11-10-12-15-19)20(23)24-17-6-4-2/h9-15H,3-8,16-17H2,1-2H3/b13-9+/t21-/m1/s1. The SMILES string of the molecule is CCCCC/C=C/C[C@](C#N)(C(=O)OCCCC)c1ccccc1. The van der Waals surface area contributed by atoms with Crippen LogP contribution in [0.4, 0.5) is 0 Å². The van der Waals surface area contributed by atoms with Gasteiger partial charge in [0.25, 0.3) is 0 Å². The minimum absolute atomic E-state index is 0.352. The Bertz CT molecular complexity index is 545. The third-order valence-electron chi connectivity index (χ3n) is 4.10. The van der Waals surface area contributed by atoms with Gasteiger partial charge in [-0.2, -0.15) is 5.26 Å². The summed E-state index contributed by atoms with van der Waals surface area (Å²) in [7, 11) is 0. The summed E-state index contributed by atoms with van der Waals surface area (Å²) in [5.41, 5.74) is -0.553. The zero-order valence-corrected chi connectivity index (χ0v) is 15.0. The number of allylic oxidation sites excluding steroid dienone is 2. The molecule has 3 nitrogen and oxygen atoms in total. The molecule has 130 valence electrons. The molecule has 0 saturated carbocycles. The summed E-state index contributed by atoms with van der Waals surface area (Å²) in [6.45, 7) is 4.58. The fourth-order valence-electron chi connectivity index (χ4n) is 2.52. The molecule has 0 saturated heterocycles. The molecule has 1 atom stereocenters. The van der Waals surface area contributed by atoms with Crippen molar-refractivity contribution >= 4 is 5.97 Å². The van der Waals surface area contributed by atoms with Crippen LogP contribution in [0.5, 0.6) is 0 Å². The largest absolute Gasteiger partial charge is 0.464 e. The molecule has 1 aromatic rings. The average Bonchev–Trinajstić information content (AvgIpc) is 2.62. The second kappa shape index (κ2) is 11.5. The van der Waals surface area contributed by atoms with E-state index >= 15 is 0 Å². The highest BCUT2D eigenvalue weighted by atomic mass is 16.5. The maximum absolute atomic E-state index is 12.7. The molecule has 1 rings (SSSR count). The smallest absolute Gasteiger partial charge is 0.331 e. The quantitative estimate of drug-likeness (QED) is 0.314. The lowest BCUT2D eigenvalue weighted by Crippen LogP contribution is -2.36. The highest BCUT2D eigenvalue weighted by Crippen LogP contribution is 2.30. The van der Waals surface area contributed by atoms with Crippen molar-refractivity contribution in [2.45, 2.75) is 64.2 Å². The molecule has 0 unspecified atom stereocenters. The van der Waals surface area contributed by atoms with Crippen molar-refractivity contribution in [3.8, 4) is 6.07 Å². The fraction of sp³-hybridized carbons (Fsp3) is 0.524. The number of unbranched alkanes of at least 4 members (excludes halogenated alkanes) is 4. The first-order valence-electron chi connectivity index (χ1n) is 9.00. The summed E-state index contributed by atoms with van der Waals surface area (Å²) < 4.78 is 5.39. The first-order chi connectivity index (χ1) is 11.7. The Labute approximate surface area is 146 Å². The monoisotopic (exact) mass is 327 g/mol. The van der Waals surface area contributed by atoms with E-state index in [2.05, 4.69) is 19.1 Å². The van der Waals surface area contributed by atoms with Gasteiger partial charge in [0.1, 0.15) is 0 Å². The van der Waals surface area contributed by atoms with Gasteiger partial charge in [-0.3, -0.25) is 0 Å². The van der Waals surface area contributed by atoms with Crippen molar-refractivity contribution < 1.29 is 9.53 Å². The van der Waals surface area contributed by atoms with Crippen LogP contribution in [-0.2, 0) is 14.9 Å². The van der Waals surface area contributed by atoms with Gasteiger partial charge < -0.3 is 4.74 Å². The zero-order chi connectivity index (χ0) is 17.7. The summed E-state index contributed by atoms with van der Waals surface area (Å²) in [5, 5.41) is 9.81. The minimum atomic E-state index is -1.25. The third kappa shape index (κ3) is 5.85. The molecule has 0 aliphatic carbocycles. The number of nitriles is 1. The number of benzene rings is 1. The second-order valence-electron chi connectivity index (χ2n) is 6.04. The van der Waals surface area contributed by atoms with E-state index in [-0.39, 0.29) is 0 Å². The molecule has 0 bridgehead atoms. The van der Waals surface area contributed by atoms with Gasteiger partial charge in [-0.15, -0.1) is 0 Å². The van der Waals surface area contributed by atoms with Crippen LogP contribution in [0.1, 0.15) is 64.4 Å². The van der Waals surface area contributed by atoms with E-state index in [0.717, 1.165) is 25.7 Å². The van der Waals surface area contributed by atoms with Crippen molar-refractivity contribution in [1.29, 1.82) is 5.26 Å². The summed E-state index contributed by atoms with van der Waals surface area (Å²) in [5.74, 6) is -0.442. The highest BCUT2D eigenvalue weighted by Gasteiger charge is 2.41. The third-order valence-corrected chi connectivity index (χ3v) is 4.10. The second-order valence-corrected chi connectivity index (χ2v) is 6.04. The first kappa shape index (κ1) is 20.0. The average molecular weight is 327 g/mol. The Balaban J connectivity index is 2.89. The van der Waals surface area contributed by atoms with Crippen LogP contribution in [0.3, 0.4) is 0 Å². The fourth-order valence-corrected chi connectivity index (χ4v) is 2.52. The summed E-state index contributed by atoms with van der Waals surface area (Å²) >= 11 is 0. The van der Waals surface area contributed by atoms with Gasteiger partial charge in [0.2, 0.25) is 0 Å². The van der Waals surface area contributed by atoms with Crippen molar-refractivity contribution in [3.63, 3.8) is 0 Å². The topological polar surface area (TPSA) is 50.1 Å². The van der Waals surface area contributed by atoms with Crippen LogP contribution in [-0.4, -0.2) is 12.6 Å². The van der Waals surface area contributed by atoms with E-state index in [1.807, 2.05) is 43.3 Å². The maximum Gasteiger partial charge on any atom is 0.331 e. The number of rotatable bonds is 11. The van der Waals surface area contributed by atoms with Gasteiger partial charge >= 0.3 is 5.97 Å². The van der Waals surface area contributed by atoms with Gasteiger partial charge in [0, 0.05) is 0 Å². The molecule has 0 aliphatic heterocycles. The Morgan fingerprint density at radius 1 is 1.12 bits per heavy atom. The van der Waals surface area contributed by atoms with Gasteiger partial charge in [-0.05, 0) is 31.2 Å². The van der Waals surface area contributed by atoms with Crippen molar-refractivity contribution in [3.05, 3.63) is 48.0 Å². The van der Waals surface area contributed by atoms with Crippen molar-refractivity contribution in [2.24, 2.45) is 0 Å². The van der Waals surface area contributed by atoms with Gasteiger partial charge in [0.15, 0.2) is 5.41 Å². The molecule has 3 heteroatoms. The van der Waals surface area contributed by atoms with Crippen molar-refractivity contribution in [1.82, 2.24) is 0 Å². The van der Waals surface area contributed by atoms with E-state index < -0.39 is 11.4 Å². The lowest BCUT2D eigenvalue weighted by atomic mass is 9.78. The maximum atomic E-state index is 12.7. The molecule has 0 amide bonds. The van der Waals surface area contributed by atoms with E-state index in [4.69, 9.17) is 4.74 Å². The number of ether oxygens (including phenoxy) is 1. The molecular formula is C21H29NO2. The molecule has 1 aromatic carbocycles. The molecule has 0 heterocycles. The van der Waals surface area contributed by atoms with Crippen LogP contribution < -0.4 is 0 Å². The summed E-state index contributed by atoms with van der Waals surface area (Å²) in [6.07, 6.45) is 10.6. The number of carbonyl (C=O) groups is 1. The van der Waals surface area contributed by atoms with Crippen LogP contribution in [0, 0.1) is 11.3 Å². The number of carbonyl (C=O) groups excluding carboxylic acids is 1. The molecular weight excluding hydrogens is 298 g/mol. The minimum Gasteiger partial charge on any atom is -0.464 e. The Hall–Kier alpha value is -2.08. The van der Waals surface area contributed by atoms with Gasteiger partial charge in [-0.25, -0.2) is 4.79 Å². The van der Waals surface area contributed by atoms with Crippen LogP contribution >= 0.6 is 0 Å². The number of nitrogens with zero attached hydrogens (tertiary/aromatic N) is 1. The first-order valence-corrected chi connectivity index (χ1v) is 9.00. The van der Waals surface area contributed by atoms with Crippen LogP contribution in [0.2, 0.25) is 0 Å². The molecule has 0 fully saturated rings. The Morgan fingerprint density at radius 3 is 2.46 bits per heavy atom. The highest BCUT2D eigenvalue weighted by molar-refractivity contribution is 5.87. The van der Waals surface area contributed by atoms with E-state index in [9.17, 15) is 10.1 Å². The zero-order valence-electron chi connectivity index (χ0n) is 15.0. The molecule has 0 radical (unpaired) electrons. The van der Waals surface area contributed by atoms with E-state index in [0.29, 0.717) is 18.6 Å².